The average Bonchev–Trinajstić information content (AvgIpc) is 3.60. The average molecular weight is 601 g/mol. The lowest BCUT2D eigenvalue weighted by molar-refractivity contribution is -0.138. The predicted molar refractivity (Wildman–Crippen MR) is 169 cm³/mol. The van der Waals surface area contributed by atoms with Gasteiger partial charge in [-0.1, -0.05) is 19.9 Å². The van der Waals surface area contributed by atoms with Crippen LogP contribution in [0.1, 0.15) is 87.0 Å². The fourth-order valence-electron chi connectivity index (χ4n) is 5.87. The summed E-state index contributed by atoms with van der Waals surface area (Å²) < 4.78 is 0. The van der Waals surface area contributed by atoms with Crippen LogP contribution in [0.2, 0.25) is 0 Å². The Hall–Kier alpha value is -4.73. The van der Waals surface area contributed by atoms with E-state index in [1.54, 1.807) is 0 Å². The van der Waals surface area contributed by atoms with Gasteiger partial charge in [0.15, 0.2) is 0 Å². The van der Waals surface area contributed by atoms with Gasteiger partial charge >= 0.3 is 11.9 Å². The van der Waals surface area contributed by atoms with E-state index >= 15 is 0 Å². The number of nitrogens with zero attached hydrogens (tertiary/aromatic N) is 1. The molecule has 1 fully saturated rings. The van der Waals surface area contributed by atoms with Crippen LogP contribution in [0, 0.1) is 19.8 Å². The molecule has 1 atom stereocenters. The van der Waals surface area contributed by atoms with Crippen molar-refractivity contribution in [2.45, 2.75) is 80.1 Å². The molecule has 0 spiro atoms. The molecule has 0 bridgehead atoms. The maximum absolute atomic E-state index is 12.5. The van der Waals surface area contributed by atoms with Gasteiger partial charge in [0.05, 0.1) is 11.6 Å². The molecule has 0 aliphatic carbocycles. The van der Waals surface area contributed by atoms with Crippen molar-refractivity contribution in [3.8, 4) is 0 Å². The molecule has 2 aromatic rings. The number of carbonyl (C=O) groups excluding carboxylic acids is 2. The monoisotopic (exact) mass is 600 g/mol. The van der Waals surface area contributed by atoms with E-state index in [0.29, 0.717) is 34.4 Å². The van der Waals surface area contributed by atoms with Gasteiger partial charge in [0.1, 0.15) is 0 Å². The Morgan fingerprint density at radius 2 is 1.52 bits per heavy atom. The van der Waals surface area contributed by atoms with Gasteiger partial charge in [0.25, 0.3) is 5.91 Å². The fraction of sp³-hybridized carbons (Fsp3) is 0.382. The molecule has 10 heteroatoms. The van der Waals surface area contributed by atoms with E-state index in [2.05, 4.69) is 20.3 Å². The van der Waals surface area contributed by atoms with Gasteiger partial charge in [0, 0.05) is 46.2 Å². The quantitative estimate of drug-likeness (QED) is 0.264. The lowest BCUT2D eigenvalue weighted by Crippen LogP contribution is -2.16. The van der Waals surface area contributed by atoms with Crippen molar-refractivity contribution >= 4 is 47.7 Å². The number of rotatable bonds is 11. The van der Waals surface area contributed by atoms with Crippen LogP contribution in [0.5, 0.6) is 0 Å². The van der Waals surface area contributed by atoms with Gasteiger partial charge in [-0.15, -0.1) is 0 Å². The zero-order valence-electron chi connectivity index (χ0n) is 26.1. The third-order valence-corrected chi connectivity index (χ3v) is 8.46. The van der Waals surface area contributed by atoms with E-state index in [1.165, 1.54) is 0 Å². The third-order valence-electron chi connectivity index (χ3n) is 8.46. The Morgan fingerprint density at radius 1 is 0.864 bits per heavy atom. The largest absolute Gasteiger partial charge is 0.481 e. The molecule has 4 rings (SSSR count). The SMILES string of the molecule is CC/C=C1/C(=C/c2[nH]c(/C=c3\[nH]/c(=C\C4=NC(=O)C(CC)=C4C)c(C)c3CCC(=O)O)c(CCC(=O)O)c2C)NC(=O)C1C. The number of amides is 2. The minimum atomic E-state index is -0.922. The summed E-state index contributed by atoms with van der Waals surface area (Å²) in [5, 5.41) is 23.3. The minimum absolute atomic E-state index is 0.0712. The maximum Gasteiger partial charge on any atom is 0.303 e. The van der Waals surface area contributed by atoms with E-state index < -0.39 is 11.9 Å². The lowest BCUT2D eigenvalue weighted by atomic mass is 9.99. The van der Waals surface area contributed by atoms with Crippen molar-refractivity contribution in [1.29, 1.82) is 0 Å². The van der Waals surface area contributed by atoms with Gasteiger partial charge in [-0.05, 0) is 105 Å². The van der Waals surface area contributed by atoms with Crippen LogP contribution in [-0.4, -0.2) is 49.6 Å². The van der Waals surface area contributed by atoms with E-state index in [-0.39, 0.29) is 43.4 Å². The summed E-state index contributed by atoms with van der Waals surface area (Å²) in [5.74, 6) is -2.42. The van der Waals surface area contributed by atoms with E-state index in [9.17, 15) is 29.4 Å². The first-order valence-corrected chi connectivity index (χ1v) is 15.0. The highest BCUT2D eigenvalue weighted by molar-refractivity contribution is 6.30. The number of aromatic amines is 2. The normalized spacial score (nSPS) is 19.6. The molecule has 2 amide bonds. The number of aliphatic carboxylic acids is 2. The van der Waals surface area contributed by atoms with Crippen LogP contribution in [0.3, 0.4) is 0 Å². The maximum atomic E-state index is 12.5. The summed E-state index contributed by atoms with van der Waals surface area (Å²) in [6, 6.07) is 0. The topological polar surface area (TPSA) is 165 Å². The molecule has 44 heavy (non-hydrogen) atoms. The number of carboxylic acids is 2. The van der Waals surface area contributed by atoms with Crippen molar-refractivity contribution in [1.82, 2.24) is 15.3 Å². The van der Waals surface area contributed by atoms with Crippen molar-refractivity contribution in [3.05, 3.63) is 72.8 Å². The lowest BCUT2D eigenvalue weighted by Gasteiger charge is -2.03. The summed E-state index contributed by atoms with van der Waals surface area (Å²) in [5.41, 5.74) is 8.47. The fourth-order valence-corrected chi connectivity index (χ4v) is 5.87. The molecule has 0 aromatic carbocycles. The van der Waals surface area contributed by atoms with Crippen LogP contribution < -0.4 is 16.0 Å². The van der Waals surface area contributed by atoms with Gasteiger partial charge in [-0.2, -0.15) is 0 Å². The number of carbonyl (C=O) groups is 4. The number of hydrogen-bond donors (Lipinski definition) is 5. The first-order chi connectivity index (χ1) is 20.9. The van der Waals surface area contributed by atoms with Crippen molar-refractivity contribution < 1.29 is 29.4 Å². The molecular weight excluding hydrogens is 560 g/mol. The number of aliphatic imine (C=N–C) groups is 1. The molecule has 4 heterocycles. The molecular formula is C34H40N4O6. The number of allylic oxidation sites excluding steroid dienone is 3. The summed E-state index contributed by atoms with van der Waals surface area (Å²) in [6.07, 6.45) is 9.38. The molecule has 2 aliphatic rings. The first kappa shape index (κ1) is 32.2. The van der Waals surface area contributed by atoms with E-state index in [4.69, 9.17) is 0 Å². The van der Waals surface area contributed by atoms with Crippen LogP contribution in [-0.2, 0) is 32.0 Å². The third kappa shape index (κ3) is 6.59. The van der Waals surface area contributed by atoms with Crippen molar-refractivity contribution in [3.63, 3.8) is 0 Å². The molecule has 0 saturated carbocycles. The minimum Gasteiger partial charge on any atom is -0.481 e. The number of hydrogen-bond acceptors (Lipinski definition) is 4. The molecule has 1 saturated heterocycles. The summed E-state index contributed by atoms with van der Waals surface area (Å²) in [4.78, 5) is 59.0. The smallest absolute Gasteiger partial charge is 0.303 e. The Kier molecular flexibility index (Phi) is 9.71. The van der Waals surface area contributed by atoms with Gasteiger partial charge in [0.2, 0.25) is 5.91 Å². The van der Waals surface area contributed by atoms with Crippen LogP contribution in [0.4, 0.5) is 0 Å². The second-order valence-electron chi connectivity index (χ2n) is 11.3. The molecule has 2 aliphatic heterocycles. The molecule has 1 unspecified atom stereocenters. The second-order valence-corrected chi connectivity index (χ2v) is 11.3. The molecule has 10 nitrogen and oxygen atoms in total. The second kappa shape index (κ2) is 13.3. The van der Waals surface area contributed by atoms with Crippen molar-refractivity contribution in [2.75, 3.05) is 0 Å². The number of aromatic nitrogens is 2. The Morgan fingerprint density at radius 3 is 2.11 bits per heavy atom. The van der Waals surface area contributed by atoms with Crippen molar-refractivity contribution in [2.24, 2.45) is 10.9 Å². The molecule has 232 valence electrons. The van der Waals surface area contributed by atoms with Crippen LogP contribution >= 0.6 is 0 Å². The number of H-pyrrole nitrogens is 2. The standard InChI is InChI=1S/C34H40N4O6/c1-7-9-22-20(6)33(43)38-30(22)15-26-19(5)24(11-13-32(41)42)29(36-26)16-28-23(10-12-31(39)40)18(4)25(35-28)14-27-17(3)21(8-2)34(44)37-27/h9,14-16,20,35-36H,7-8,10-13H2,1-6H3,(H,38,43)(H,39,40)(H,41,42)/b22-9+,25-14-,28-16-,30-15-. The summed E-state index contributed by atoms with van der Waals surface area (Å²) in [7, 11) is 0. The van der Waals surface area contributed by atoms with E-state index in [1.807, 2.05) is 65.8 Å². The zero-order valence-corrected chi connectivity index (χ0v) is 26.1. The summed E-state index contributed by atoms with van der Waals surface area (Å²) in [6.45, 7) is 11.5. The number of nitrogens with one attached hydrogen (secondary N) is 3. The molecule has 2 aromatic heterocycles. The Balaban J connectivity index is 1.91. The summed E-state index contributed by atoms with van der Waals surface area (Å²) >= 11 is 0. The Labute approximate surface area is 256 Å². The number of carboxylic acid groups (broad SMARTS) is 2. The molecule has 5 N–H and O–H groups in total. The van der Waals surface area contributed by atoms with Crippen LogP contribution in [0.15, 0.2) is 33.5 Å². The highest BCUT2D eigenvalue weighted by Gasteiger charge is 2.29. The highest BCUT2D eigenvalue weighted by atomic mass is 16.4. The first-order valence-electron chi connectivity index (χ1n) is 15.0. The predicted octanol–water partition coefficient (Wildman–Crippen LogP) is 3.75. The van der Waals surface area contributed by atoms with Gasteiger partial charge < -0.3 is 25.5 Å². The van der Waals surface area contributed by atoms with Crippen LogP contribution in [0.25, 0.3) is 18.2 Å². The van der Waals surface area contributed by atoms with E-state index in [0.717, 1.165) is 50.9 Å². The highest BCUT2D eigenvalue weighted by Crippen LogP contribution is 2.30. The van der Waals surface area contributed by atoms with Gasteiger partial charge in [-0.3, -0.25) is 19.2 Å². The zero-order chi connectivity index (χ0) is 32.3. The molecule has 0 radical (unpaired) electrons. The van der Waals surface area contributed by atoms with Gasteiger partial charge in [-0.25, -0.2) is 4.99 Å². The Bertz CT molecular complexity index is 1790.